The molecule has 1 atom stereocenters. The minimum Gasteiger partial charge on any atom is -0.337 e. The van der Waals surface area contributed by atoms with Gasteiger partial charge < -0.3 is 5.32 Å². The smallest absolute Gasteiger partial charge is 0.337 e. The second-order valence-corrected chi connectivity index (χ2v) is 8.83. The van der Waals surface area contributed by atoms with E-state index in [0.29, 0.717) is 22.2 Å². The Morgan fingerprint density at radius 1 is 1.00 bits per heavy atom. The number of nitrogens with two attached hydrogens (primary N) is 1. The Balaban J connectivity index is 1.71. The van der Waals surface area contributed by atoms with Crippen LogP contribution in [0.5, 0.6) is 0 Å². The number of nitrogens with one attached hydrogen (secondary N) is 2. The summed E-state index contributed by atoms with van der Waals surface area (Å²) >= 11 is 0. The number of fused-ring (bicyclic) bond motifs is 1. The van der Waals surface area contributed by atoms with Gasteiger partial charge >= 0.3 is 6.18 Å². The lowest BCUT2D eigenvalue weighted by Crippen LogP contribution is -2.38. The molecule has 4 aromatic rings. The second-order valence-electron chi connectivity index (χ2n) is 7.26. The van der Waals surface area contributed by atoms with E-state index in [-0.39, 0.29) is 16.0 Å². The lowest BCUT2D eigenvalue weighted by molar-refractivity contribution is -0.155. The van der Waals surface area contributed by atoms with E-state index in [4.69, 9.17) is 5.14 Å². The molecule has 7 nitrogen and oxygen atoms in total. The fourth-order valence-electron chi connectivity index (χ4n) is 3.41. The molecule has 0 fully saturated rings. The first-order valence-electron chi connectivity index (χ1n) is 9.58. The van der Waals surface area contributed by atoms with Gasteiger partial charge in [0.05, 0.1) is 16.1 Å². The van der Waals surface area contributed by atoms with Crippen LogP contribution in [0.15, 0.2) is 77.7 Å². The van der Waals surface area contributed by atoms with Crippen molar-refractivity contribution in [2.24, 2.45) is 5.14 Å². The minimum absolute atomic E-state index is 0.0158. The number of aromatic nitrogens is 2. The Hall–Kier alpha value is -3.70. The molecule has 170 valence electrons. The summed E-state index contributed by atoms with van der Waals surface area (Å²) in [6.45, 7) is 0. The molecule has 33 heavy (non-hydrogen) atoms. The Morgan fingerprint density at radius 2 is 1.73 bits per heavy atom. The number of aromatic amines is 1. The summed E-state index contributed by atoms with van der Waals surface area (Å²) in [5.41, 5.74) is 1.13. The molecule has 0 bridgehead atoms. The highest BCUT2D eigenvalue weighted by atomic mass is 32.2. The van der Waals surface area contributed by atoms with E-state index < -0.39 is 28.1 Å². The van der Waals surface area contributed by atoms with Gasteiger partial charge in [0, 0.05) is 16.5 Å². The average molecular weight is 474 g/mol. The van der Waals surface area contributed by atoms with Crippen molar-refractivity contribution in [3.63, 3.8) is 0 Å². The molecule has 0 spiro atoms. The first-order valence-corrected chi connectivity index (χ1v) is 11.1. The number of halogens is 3. The van der Waals surface area contributed by atoms with Crippen LogP contribution in [0, 0.1) is 0 Å². The molecule has 0 radical (unpaired) electrons. The fraction of sp³-hybridized carbons (Fsp3) is 0.0909. The van der Waals surface area contributed by atoms with Crippen molar-refractivity contribution in [2.45, 2.75) is 17.1 Å². The van der Waals surface area contributed by atoms with Crippen molar-refractivity contribution < 1.29 is 26.4 Å². The first kappa shape index (κ1) is 22.5. The van der Waals surface area contributed by atoms with Crippen LogP contribution in [-0.2, 0) is 10.0 Å². The molecule has 4 N–H and O–H groups in total. The van der Waals surface area contributed by atoms with Gasteiger partial charge in [-0.2, -0.15) is 18.3 Å². The number of H-pyrrole nitrogens is 1. The topological polar surface area (TPSA) is 118 Å². The van der Waals surface area contributed by atoms with Crippen LogP contribution < -0.4 is 10.5 Å². The van der Waals surface area contributed by atoms with Crippen molar-refractivity contribution in [3.8, 4) is 11.3 Å². The summed E-state index contributed by atoms with van der Waals surface area (Å²) in [6.07, 6.45) is -4.70. The van der Waals surface area contributed by atoms with Crippen LogP contribution in [-0.4, -0.2) is 30.7 Å². The van der Waals surface area contributed by atoms with Crippen LogP contribution in [0.2, 0.25) is 0 Å². The molecule has 1 heterocycles. The molecule has 0 aliphatic rings. The molecule has 3 aromatic carbocycles. The van der Waals surface area contributed by atoms with E-state index in [0.717, 1.165) is 0 Å². The van der Waals surface area contributed by atoms with Gasteiger partial charge in [-0.25, -0.2) is 13.6 Å². The number of alkyl halides is 3. The molecule has 0 aliphatic heterocycles. The van der Waals surface area contributed by atoms with Gasteiger partial charge in [0.2, 0.25) is 10.0 Å². The number of amides is 1. The minimum atomic E-state index is -4.70. The lowest BCUT2D eigenvalue weighted by Gasteiger charge is -2.22. The Labute approximate surface area is 186 Å². The molecule has 0 saturated heterocycles. The zero-order chi connectivity index (χ0) is 23.8. The SMILES string of the molecule is NS(=O)(=O)c1cccc(-c2n[nH]c3ccc(C(=O)NC(c4ccccc4)C(F)(F)F)cc23)c1. The zero-order valence-electron chi connectivity index (χ0n) is 16.8. The number of primary sulfonamides is 1. The van der Waals surface area contributed by atoms with Crippen LogP contribution in [0.4, 0.5) is 13.2 Å². The molecule has 0 aliphatic carbocycles. The summed E-state index contributed by atoms with van der Waals surface area (Å²) in [5, 5.41) is 14.6. The van der Waals surface area contributed by atoms with Gasteiger partial charge in [-0.1, -0.05) is 42.5 Å². The van der Waals surface area contributed by atoms with Crippen molar-refractivity contribution in [3.05, 3.63) is 83.9 Å². The molecule has 1 amide bonds. The van der Waals surface area contributed by atoms with Gasteiger partial charge in [-0.3, -0.25) is 9.89 Å². The van der Waals surface area contributed by atoms with E-state index >= 15 is 0 Å². The number of sulfonamides is 1. The van der Waals surface area contributed by atoms with Crippen molar-refractivity contribution in [1.29, 1.82) is 0 Å². The predicted molar refractivity (Wildman–Crippen MR) is 116 cm³/mol. The third kappa shape index (κ3) is 4.73. The van der Waals surface area contributed by atoms with Gasteiger partial charge in [-0.05, 0) is 35.9 Å². The summed E-state index contributed by atoms with van der Waals surface area (Å²) in [7, 11) is -3.95. The molecular formula is C22H17F3N4O3S. The molecule has 1 unspecified atom stereocenters. The van der Waals surface area contributed by atoms with E-state index in [9.17, 15) is 26.4 Å². The standard InChI is InChI=1S/C22H17F3N4O3S/c23-22(24,25)20(13-5-2-1-3-6-13)27-21(30)15-9-10-18-17(12-15)19(29-28-18)14-7-4-8-16(11-14)33(26,31)32/h1-12,20H,(H,27,30)(H,28,29)(H2,26,31,32). The zero-order valence-corrected chi connectivity index (χ0v) is 17.6. The van der Waals surface area contributed by atoms with Crippen molar-refractivity contribution in [1.82, 2.24) is 15.5 Å². The van der Waals surface area contributed by atoms with E-state index in [1.54, 1.807) is 12.1 Å². The normalized spacial score (nSPS) is 13.1. The molecule has 4 rings (SSSR count). The monoisotopic (exact) mass is 474 g/mol. The average Bonchev–Trinajstić information content (AvgIpc) is 3.20. The number of hydrogen-bond donors (Lipinski definition) is 3. The van der Waals surface area contributed by atoms with Gasteiger partial charge in [0.1, 0.15) is 0 Å². The van der Waals surface area contributed by atoms with Gasteiger partial charge in [-0.15, -0.1) is 0 Å². The third-order valence-electron chi connectivity index (χ3n) is 5.00. The maximum absolute atomic E-state index is 13.6. The number of hydrogen-bond acceptors (Lipinski definition) is 4. The lowest BCUT2D eigenvalue weighted by atomic mass is 10.0. The van der Waals surface area contributed by atoms with E-state index in [1.807, 2.05) is 5.32 Å². The Bertz CT molecular complexity index is 1430. The van der Waals surface area contributed by atoms with E-state index in [2.05, 4.69) is 10.2 Å². The van der Waals surface area contributed by atoms with Crippen molar-refractivity contribution in [2.75, 3.05) is 0 Å². The van der Waals surface area contributed by atoms with Crippen LogP contribution in [0.3, 0.4) is 0 Å². The third-order valence-corrected chi connectivity index (χ3v) is 5.91. The molecular weight excluding hydrogens is 457 g/mol. The Morgan fingerprint density at radius 3 is 2.39 bits per heavy atom. The maximum atomic E-state index is 13.6. The Kier molecular flexibility index (Phi) is 5.68. The summed E-state index contributed by atoms with van der Waals surface area (Å²) in [4.78, 5) is 12.6. The highest BCUT2D eigenvalue weighted by Gasteiger charge is 2.42. The molecule has 0 saturated carbocycles. The summed E-state index contributed by atoms with van der Waals surface area (Å²) in [6, 6.07) is 14.9. The van der Waals surface area contributed by atoms with Crippen LogP contribution >= 0.6 is 0 Å². The first-order chi connectivity index (χ1) is 15.5. The van der Waals surface area contributed by atoms with Gasteiger partial charge in [0.15, 0.2) is 6.04 Å². The molecule has 11 heteroatoms. The van der Waals surface area contributed by atoms with Gasteiger partial charge in [0.25, 0.3) is 5.91 Å². The van der Waals surface area contributed by atoms with Crippen LogP contribution in [0.25, 0.3) is 22.2 Å². The number of rotatable bonds is 5. The highest BCUT2D eigenvalue weighted by molar-refractivity contribution is 7.89. The largest absolute Gasteiger partial charge is 0.412 e. The molecule has 1 aromatic heterocycles. The number of carbonyl (C=O) groups is 1. The summed E-state index contributed by atoms with van der Waals surface area (Å²) in [5.74, 6) is -0.923. The number of carbonyl (C=O) groups excluding carboxylic acids is 1. The number of nitrogens with zero attached hydrogens (tertiary/aromatic N) is 1. The number of benzene rings is 3. The van der Waals surface area contributed by atoms with E-state index in [1.165, 1.54) is 60.7 Å². The fourth-order valence-corrected chi connectivity index (χ4v) is 3.97. The van der Waals surface area contributed by atoms with Crippen molar-refractivity contribution >= 4 is 26.8 Å². The predicted octanol–water partition coefficient (Wildman–Crippen LogP) is 3.91. The summed E-state index contributed by atoms with van der Waals surface area (Å²) < 4.78 is 64.2. The van der Waals surface area contributed by atoms with Crippen LogP contribution in [0.1, 0.15) is 22.0 Å². The maximum Gasteiger partial charge on any atom is 0.412 e. The quantitative estimate of drug-likeness (QED) is 0.406. The highest BCUT2D eigenvalue weighted by Crippen LogP contribution is 2.33. The second kappa shape index (κ2) is 8.34.